The van der Waals surface area contributed by atoms with Crippen molar-refractivity contribution in [1.29, 1.82) is 0 Å². The molecule has 1 aromatic carbocycles. The molecule has 3 fully saturated rings. The largest absolute Gasteiger partial charge is 0.476 e. The fourth-order valence-corrected chi connectivity index (χ4v) is 4.26. The summed E-state index contributed by atoms with van der Waals surface area (Å²) in [6.45, 7) is 2.35. The number of hydrogen-bond acceptors (Lipinski definition) is 4. The normalized spacial score (nSPS) is 26.5. The molecule has 0 unspecified atom stereocenters. The van der Waals surface area contributed by atoms with Crippen molar-refractivity contribution in [1.82, 2.24) is 15.4 Å². The maximum absolute atomic E-state index is 11.0. The number of nitrogens with one attached hydrogen (secondary N) is 1. The van der Waals surface area contributed by atoms with Gasteiger partial charge >= 0.3 is 5.97 Å². The number of ether oxygens (including phenoxy) is 1. The number of hydrogen-bond donors (Lipinski definition) is 2. The van der Waals surface area contributed by atoms with E-state index in [4.69, 9.17) is 9.84 Å². The Bertz CT molecular complexity index is 855. The lowest BCUT2D eigenvalue weighted by Gasteiger charge is -2.69. The smallest absolute Gasteiger partial charge is 0.359 e. The zero-order valence-electron chi connectivity index (χ0n) is 13.3. The number of aromatic carboxylic acids is 1. The van der Waals surface area contributed by atoms with Crippen LogP contribution in [0, 0.1) is 22.7 Å². The molecule has 3 aliphatic carbocycles. The summed E-state index contributed by atoms with van der Waals surface area (Å²) in [5.41, 5.74) is 1.75. The highest BCUT2D eigenvalue weighted by Gasteiger charge is 2.64. The molecule has 0 aliphatic heterocycles. The summed E-state index contributed by atoms with van der Waals surface area (Å²) in [6.07, 6.45) is 4.87. The van der Waals surface area contributed by atoms with Crippen LogP contribution >= 0.6 is 0 Å². The van der Waals surface area contributed by atoms with Gasteiger partial charge in [0.2, 0.25) is 5.69 Å². The average Bonchev–Trinajstić information content (AvgIpc) is 2.93. The van der Waals surface area contributed by atoms with Gasteiger partial charge in [-0.1, -0.05) is 35.1 Å². The van der Waals surface area contributed by atoms with Crippen LogP contribution < -0.4 is 4.74 Å². The lowest BCUT2D eigenvalue weighted by Crippen LogP contribution is -2.59. The fourth-order valence-electron chi connectivity index (χ4n) is 4.26. The van der Waals surface area contributed by atoms with Crippen LogP contribution in [-0.2, 0) is 0 Å². The number of carbonyl (C=O) groups is 1. The van der Waals surface area contributed by atoms with E-state index in [2.05, 4.69) is 34.2 Å². The monoisotopic (exact) mass is 323 g/mol. The molecule has 24 heavy (non-hydrogen) atoms. The number of nitrogens with zero attached hydrogens (tertiary/aromatic N) is 2. The Hall–Kier alpha value is -2.81. The standard InChI is InChI=1S/C18H17N3O3/c1-17-9-18(10-17,11-17)7-3-5-12-4-2-6-13(8-12)24-15-14(16(22)23)19-21-20-15/h2,4,6,8H,7,9-11H2,1H3,(H,22,23)(H,19,20,21). The summed E-state index contributed by atoms with van der Waals surface area (Å²) in [6, 6.07) is 7.23. The molecular weight excluding hydrogens is 306 g/mol. The van der Waals surface area contributed by atoms with Gasteiger partial charge in [-0.3, -0.25) is 0 Å². The molecule has 0 atom stereocenters. The minimum Gasteiger partial charge on any atom is -0.476 e. The number of H-pyrrole nitrogens is 1. The highest BCUT2D eigenvalue weighted by Crippen LogP contribution is 2.74. The maximum Gasteiger partial charge on any atom is 0.359 e. The molecule has 5 rings (SSSR count). The van der Waals surface area contributed by atoms with E-state index in [-0.39, 0.29) is 11.6 Å². The van der Waals surface area contributed by atoms with E-state index in [1.165, 1.54) is 19.3 Å². The van der Waals surface area contributed by atoms with E-state index in [9.17, 15) is 4.79 Å². The molecule has 0 radical (unpaired) electrons. The minimum atomic E-state index is -1.17. The molecule has 0 saturated heterocycles. The average molecular weight is 323 g/mol. The molecule has 1 aromatic heterocycles. The van der Waals surface area contributed by atoms with Crippen LogP contribution in [0.3, 0.4) is 0 Å². The molecule has 2 aromatic rings. The Morgan fingerprint density at radius 1 is 1.42 bits per heavy atom. The predicted octanol–water partition coefficient (Wildman–Crippen LogP) is 3.23. The van der Waals surface area contributed by atoms with Crippen LogP contribution in [0.15, 0.2) is 24.3 Å². The third-order valence-electron chi connectivity index (χ3n) is 4.88. The van der Waals surface area contributed by atoms with Crippen LogP contribution in [0.25, 0.3) is 0 Å². The van der Waals surface area contributed by atoms with Crippen LogP contribution in [0.1, 0.15) is 48.7 Å². The SMILES string of the molecule is CC12CC(CC#Cc3cccc(Oc4nn[nH]c4C(=O)O)c3)(C1)C2. The lowest BCUT2D eigenvalue weighted by molar-refractivity contribution is -0.186. The highest BCUT2D eigenvalue weighted by atomic mass is 16.5. The number of aromatic nitrogens is 3. The number of aromatic amines is 1. The Labute approximate surface area is 139 Å². The number of rotatable bonds is 4. The van der Waals surface area contributed by atoms with E-state index in [0.29, 0.717) is 16.6 Å². The van der Waals surface area contributed by atoms with Gasteiger partial charge in [0.1, 0.15) is 5.75 Å². The summed E-state index contributed by atoms with van der Waals surface area (Å²) < 4.78 is 5.50. The molecule has 2 N–H and O–H groups in total. The third kappa shape index (κ3) is 2.52. The van der Waals surface area contributed by atoms with Gasteiger partial charge in [0.25, 0.3) is 5.88 Å². The number of carboxylic acids is 1. The van der Waals surface area contributed by atoms with Crippen LogP contribution in [0.5, 0.6) is 11.6 Å². The molecule has 122 valence electrons. The zero-order chi connectivity index (χ0) is 16.8. The topological polar surface area (TPSA) is 88.1 Å². The van der Waals surface area contributed by atoms with Gasteiger partial charge in [-0.15, -0.1) is 0 Å². The second kappa shape index (κ2) is 5.10. The molecule has 0 spiro atoms. The van der Waals surface area contributed by atoms with Crippen molar-refractivity contribution in [2.45, 2.75) is 32.6 Å². The predicted molar refractivity (Wildman–Crippen MR) is 85.7 cm³/mol. The van der Waals surface area contributed by atoms with Crippen molar-refractivity contribution in [3.8, 4) is 23.5 Å². The molecule has 6 heteroatoms. The zero-order valence-corrected chi connectivity index (χ0v) is 13.3. The molecule has 0 amide bonds. The van der Waals surface area contributed by atoms with E-state index in [1.54, 1.807) is 12.1 Å². The highest BCUT2D eigenvalue weighted by molar-refractivity contribution is 5.87. The van der Waals surface area contributed by atoms with Crippen LogP contribution in [-0.4, -0.2) is 26.5 Å². The van der Waals surface area contributed by atoms with Gasteiger partial charge in [0.05, 0.1) is 0 Å². The first-order chi connectivity index (χ1) is 11.5. The molecule has 2 bridgehead atoms. The molecule has 3 aliphatic rings. The minimum absolute atomic E-state index is 0.0604. The molecular formula is C18H17N3O3. The van der Waals surface area contributed by atoms with Crippen molar-refractivity contribution in [2.24, 2.45) is 10.8 Å². The Kier molecular flexibility index (Phi) is 3.14. The first kappa shape index (κ1) is 14.8. The van der Waals surface area contributed by atoms with Gasteiger partial charge < -0.3 is 9.84 Å². The van der Waals surface area contributed by atoms with Crippen molar-refractivity contribution in [3.05, 3.63) is 35.5 Å². The van der Waals surface area contributed by atoms with E-state index < -0.39 is 5.97 Å². The van der Waals surface area contributed by atoms with Crippen molar-refractivity contribution < 1.29 is 14.6 Å². The number of benzene rings is 1. The van der Waals surface area contributed by atoms with Gasteiger partial charge in [-0.05, 0) is 48.3 Å². The van der Waals surface area contributed by atoms with Crippen molar-refractivity contribution in [2.75, 3.05) is 0 Å². The van der Waals surface area contributed by atoms with Crippen molar-refractivity contribution in [3.63, 3.8) is 0 Å². The fraction of sp³-hybridized carbons (Fsp3) is 0.389. The van der Waals surface area contributed by atoms with Crippen LogP contribution in [0.4, 0.5) is 0 Å². The molecule has 1 heterocycles. The summed E-state index contributed by atoms with van der Waals surface area (Å²) in [5, 5.41) is 18.4. The number of carboxylic acid groups (broad SMARTS) is 1. The summed E-state index contributed by atoms with van der Waals surface area (Å²) in [4.78, 5) is 11.0. The molecule has 3 saturated carbocycles. The summed E-state index contributed by atoms with van der Waals surface area (Å²) in [5.74, 6) is 5.71. The molecule has 6 nitrogen and oxygen atoms in total. The van der Waals surface area contributed by atoms with Crippen molar-refractivity contribution >= 4 is 5.97 Å². The van der Waals surface area contributed by atoms with Gasteiger partial charge in [0, 0.05) is 12.0 Å². The second-order valence-electron chi connectivity index (χ2n) is 7.25. The third-order valence-corrected chi connectivity index (χ3v) is 4.88. The first-order valence-electron chi connectivity index (χ1n) is 7.88. The van der Waals surface area contributed by atoms with E-state index in [1.807, 2.05) is 12.1 Å². The second-order valence-corrected chi connectivity index (χ2v) is 7.25. The Balaban J connectivity index is 1.44. The lowest BCUT2D eigenvalue weighted by atomic mass is 9.35. The quantitative estimate of drug-likeness (QED) is 0.843. The van der Waals surface area contributed by atoms with Gasteiger partial charge in [-0.2, -0.15) is 0 Å². The van der Waals surface area contributed by atoms with Gasteiger partial charge in [-0.25, -0.2) is 9.89 Å². The summed E-state index contributed by atoms with van der Waals surface area (Å²) >= 11 is 0. The Morgan fingerprint density at radius 3 is 2.92 bits per heavy atom. The van der Waals surface area contributed by atoms with E-state index in [0.717, 1.165) is 12.0 Å². The van der Waals surface area contributed by atoms with E-state index >= 15 is 0 Å². The summed E-state index contributed by atoms with van der Waals surface area (Å²) in [7, 11) is 0. The first-order valence-corrected chi connectivity index (χ1v) is 7.88. The Morgan fingerprint density at radius 2 is 2.21 bits per heavy atom. The van der Waals surface area contributed by atoms with Gasteiger partial charge in [0.15, 0.2) is 0 Å². The van der Waals surface area contributed by atoms with Crippen LogP contribution in [0.2, 0.25) is 0 Å². The maximum atomic E-state index is 11.0.